The van der Waals surface area contributed by atoms with Gasteiger partial charge in [0.2, 0.25) is 5.91 Å². The van der Waals surface area contributed by atoms with Crippen LogP contribution in [-0.2, 0) is 24.1 Å². The summed E-state index contributed by atoms with van der Waals surface area (Å²) in [6, 6.07) is 21.7. The van der Waals surface area contributed by atoms with E-state index in [1.54, 1.807) is 0 Å². The van der Waals surface area contributed by atoms with E-state index >= 15 is 0 Å². The molecular weight excluding hydrogens is 500 g/mol. The lowest BCUT2D eigenvalue weighted by atomic mass is 9.91. The molecule has 0 radical (unpaired) electrons. The molecule has 3 aromatic carbocycles. The first kappa shape index (κ1) is 32.9. The van der Waals surface area contributed by atoms with E-state index in [4.69, 9.17) is 0 Å². The number of rotatable bonds is 20. The Morgan fingerprint density at radius 3 is 1.93 bits per heavy atom. The van der Waals surface area contributed by atoms with Crippen LogP contribution in [0.15, 0.2) is 60.7 Å². The zero-order valence-electron chi connectivity index (χ0n) is 26.5. The highest BCUT2D eigenvalue weighted by atomic mass is 16.1. The molecule has 0 unspecified atom stereocenters. The van der Waals surface area contributed by atoms with Gasteiger partial charge in [0.05, 0.1) is 0 Å². The van der Waals surface area contributed by atoms with Gasteiger partial charge in [0.15, 0.2) is 0 Å². The fourth-order valence-corrected chi connectivity index (χ4v) is 5.81. The molecule has 224 valence electrons. The second kappa shape index (κ2) is 18.7. The summed E-state index contributed by atoms with van der Waals surface area (Å²) < 4.78 is 0. The van der Waals surface area contributed by atoms with Crippen molar-refractivity contribution in [2.75, 3.05) is 25.5 Å². The normalized spacial score (nSPS) is 12.2. The molecule has 0 aromatic heterocycles. The monoisotopic (exact) mass is 556 g/mol. The average Bonchev–Trinajstić information content (AvgIpc) is 2.99. The number of hydrogen-bond donors (Lipinski definition) is 1. The number of hydrogen-bond acceptors (Lipinski definition) is 2. The van der Waals surface area contributed by atoms with E-state index in [1.807, 2.05) is 6.92 Å². The van der Waals surface area contributed by atoms with E-state index in [9.17, 15) is 4.79 Å². The highest BCUT2D eigenvalue weighted by molar-refractivity contribution is 5.93. The van der Waals surface area contributed by atoms with Crippen molar-refractivity contribution in [3.8, 4) is 0 Å². The van der Waals surface area contributed by atoms with Crippen LogP contribution in [0.4, 0.5) is 5.69 Å². The Kier molecular flexibility index (Phi) is 15.0. The van der Waals surface area contributed by atoms with Gasteiger partial charge in [0, 0.05) is 11.6 Å². The molecule has 0 aliphatic rings. The van der Waals surface area contributed by atoms with Crippen LogP contribution in [0.5, 0.6) is 0 Å². The van der Waals surface area contributed by atoms with Crippen molar-refractivity contribution in [3.05, 3.63) is 77.4 Å². The highest BCUT2D eigenvalue weighted by Gasteiger charge is 2.16. The average molecular weight is 557 g/mol. The molecule has 0 saturated carbocycles. The van der Waals surface area contributed by atoms with E-state index in [2.05, 4.69) is 91.8 Å². The summed E-state index contributed by atoms with van der Waals surface area (Å²) in [6.45, 7) is 9.03. The van der Waals surface area contributed by atoms with Crippen LogP contribution in [0.1, 0.15) is 108 Å². The van der Waals surface area contributed by atoms with Crippen molar-refractivity contribution in [2.24, 2.45) is 5.92 Å². The topological polar surface area (TPSA) is 32.3 Å². The van der Waals surface area contributed by atoms with E-state index in [0.717, 1.165) is 24.9 Å². The Bertz CT molecular complexity index is 1150. The summed E-state index contributed by atoms with van der Waals surface area (Å²) in [6.07, 6.45) is 17.2. The molecule has 0 aliphatic heterocycles. The molecule has 0 heterocycles. The highest BCUT2D eigenvalue weighted by Crippen LogP contribution is 2.27. The van der Waals surface area contributed by atoms with Crippen LogP contribution in [0.2, 0.25) is 0 Å². The van der Waals surface area contributed by atoms with Crippen LogP contribution in [-0.4, -0.2) is 30.9 Å². The van der Waals surface area contributed by atoms with Crippen LogP contribution in [0.25, 0.3) is 10.8 Å². The Balaban J connectivity index is 1.40. The zero-order valence-corrected chi connectivity index (χ0v) is 26.5. The van der Waals surface area contributed by atoms with Gasteiger partial charge in [-0.2, -0.15) is 0 Å². The summed E-state index contributed by atoms with van der Waals surface area (Å²) in [5, 5.41) is 5.79. The van der Waals surface area contributed by atoms with Crippen molar-refractivity contribution in [1.29, 1.82) is 0 Å². The number of anilines is 1. The maximum absolute atomic E-state index is 13.1. The molecule has 3 rings (SSSR count). The van der Waals surface area contributed by atoms with Gasteiger partial charge >= 0.3 is 0 Å². The first-order valence-corrected chi connectivity index (χ1v) is 16.6. The van der Waals surface area contributed by atoms with Gasteiger partial charge in [-0.05, 0) is 105 Å². The molecule has 0 aliphatic carbocycles. The number of nitrogens with one attached hydrogen (secondary N) is 1. The van der Waals surface area contributed by atoms with E-state index in [0.29, 0.717) is 0 Å². The number of amides is 1. The molecule has 0 fully saturated rings. The Morgan fingerprint density at radius 2 is 1.24 bits per heavy atom. The second-order valence-electron chi connectivity index (χ2n) is 12.2. The van der Waals surface area contributed by atoms with E-state index in [-0.39, 0.29) is 11.8 Å². The SMILES string of the molecule is CCCCCCN(C)CCCCCCc1ccc(NC(=O)[C@@H](C)Cc2ccc(CCCCC)c3ccccc23)cc1. The maximum Gasteiger partial charge on any atom is 0.227 e. The number of carbonyl (C=O) groups excluding carboxylic acids is 1. The van der Waals surface area contributed by atoms with Crippen LogP contribution in [0.3, 0.4) is 0 Å². The first-order chi connectivity index (χ1) is 20.0. The lowest BCUT2D eigenvalue weighted by Gasteiger charge is -2.16. The molecule has 1 atom stereocenters. The van der Waals surface area contributed by atoms with E-state index < -0.39 is 0 Å². The summed E-state index contributed by atoms with van der Waals surface area (Å²) in [4.78, 5) is 15.6. The summed E-state index contributed by atoms with van der Waals surface area (Å²) >= 11 is 0. The van der Waals surface area contributed by atoms with Crippen LogP contribution >= 0.6 is 0 Å². The first-order valence-electron chi connectivity index (χ1n) is 16.6. The largest absolute Gasteiger partial charge is 0.326 e. The predicted octanol–water partition coefficient (Wildman–Crippen LogP) is 10.0. The van der Waals surface area contributed by atoms with Crippen molar-refractivity contribution >= 4 is 22.4 Å². The van der Waals surface area contributed by atoms with Gasteiger partial charge < -0.3 is 10.2 Å². The molecule has 1 amide bonds. The number of aryl methyl sites for hydroxylation is 2. The minimum Gasteiger partial charge on any atom is -0.326 e. The molecule has 3 aromatic rings. The summed E-state index contributed by atoms with van der Waals surface area (Å²) in [7, 11) is 2.27. The van der Waals surface area contributed by atoms with Gasteiger partial charge in [0.25, 0.3) is 0 Å². The fraction of sp³-hybridized carbons (Fsp3) is 0.553. The predicted molar refractivity (Wildman–Crippen MR) is 179 cm³/mol. The third-order valence-corrected chi connectivity index (χ3v) is 8.50. The summed E-state index contributed by atoms with van der Waals surface area (Å²) in [5.41, 5.74) is 4.94. The number of fused-ring (bicyclic) bond motifs is 1. The maximum atomic E-state index is 13.1. The molecule has 0 bridgehead atoms. The number of benzene rings is 3. The summed E-state index contributed by atoms with van der Waals surface area (Å²) in [5.74, 6) is -0.0106. The van der Waals surface area contributed by atoms with E-state index in [1.165, 1.54) is 111 Å². The van der Waals surface area contributed by atoms with Crippen molar-refractivity contribution in [1.82, 2.24) is 4.90 Å². The second-order valence-corrected chi connectivity index (χ2v) is 12.2. The molecule has 41 heavy (non-hydrogen) atoms. The third kappa shape index (κ3) is 11.6. The van der Waals surface area contributed by atoms with Gasteiger partial charge in [-0.3, -0.25) is 4.79 Å². The lowest BCUT2D eigenvalue weighted by Crippen LogP contribution is -2.22. The minimum absolute atomic E-state index is 0.0872. The number of nitrogens with zero attached hydrogens (tertiary/aromatic N) is 1. The quantitative estimate of drug-likeness (QED) is 0.140. The molecule has 0 saturated heterocycles. The molecular formula is C38H56N2O. The minimum atomic E-state index is -0.0978. The van der Waals surface area contributed by atoms with Gasteiger partial charge in [-0.15, -0.1) is 0 Å². The zero-order chi connectivity index (χ0) is 29.3. The Morgan fingerprint density at radius 1 is 0.683 bits per heavy atom. The molecule has 3 nitrogen and oxygen atoms in total. The molecule has 1 N–H and O–H groups in total. The third-order valence-electron chi connectivity index (χ3n) is 8.50. The lowest BCUT2D eigenvalue weighted by molar-refractivity contribution is -0.119. The van der Waals surface area contributed by atoms with Crippen molar-refractivity contribution in [3.63, 3.8) is 0 Å². The van der Waals surface area contributed by atoms with Crippen LogP contribution in [0, 0.1) is 5.92 Å². The smallest absolute Gasteiger partial charge is 0.227 e. The number of carbonyl (C=O) groups is 1. The molecule has 3 heteroatoms. The standard InChI is InChI=1S/C38H56N2O/c1-5-7-9-16-28-40(4)29-17-11-10-13-18-32-22-26-35(27-23-32)39-38(41)31(3)30-34-25-24-33(19-12-8-6-2)36-20-14-15-21-37(34)36/h14-15,20-27,31H,5-13,16-19,28-30H2,1-4H3,(H,39,41)/t31-/m0/s1. The van der Waals surface area contributed by atoms with Crippen molar-refractivity contribution < 1.29 is 4.79 Å². The number of unbranched alkanes of at least 4 members (excludes halogenated alkanes) is 8. The van der Waals surface area contributed by atoms with Crippen molar-refractivity contribution in [2.45, 2.75) is 111 Å². The van der Waals surface area contributed by atoms with Gasteiger partial charge in [0.1, 0.15) is 0 Å². The Hall–Kier alpha value is -2.65. The van der Waals surface area contributed by atoms with Gasteiger partial charge in [-0.1, -0.05) is 114 Å². The Labute approximate surface area is 251 Å². The van der Waals surface area contributed by atoms with Crippen LogP contribution < -0.4 is 5.32 Å². The van der Waals surface area contributed by atoms with Gasteiger partial charge in [-0.25, -0.2) is 0 Å². The fourth-order valence-electron chi connectivity index (χ4n) is 5.81. The molecule has 0 spiro atoms.